The number of amides is 1. The van der Waals surface area contributed by atoms with Crippen molar-refractivity contribution in [3.05, 3.63) is 11.9 Å². The Bertz CT molecular complexity index is 412. The predicted molar refractivity (Wildman–Crippen MR) is 63.8 cm³/mol. The maximum atomic E-state index is 12.1. The molecule has 1 saturated heterocycles. The topological polar surface area (TPSA) is 85.4 Å². The Morgan fingerprint density at radius 2 is 2.00 bits per heavy atom. The van der Waals surface area contributed by atoms with E-state index in [1.165, 1.54) is 20.5 Å². The molecule has 0 radical (unpaired) electrons. The van der Waals surface area contributed by atoms with Crippen LogP contribution in [0.5, 0.6) is 11.8 Å². The van der Waals surface area contributed by atoms with Crippen LogP contribution in [-0.4, -0.2) is 49.7 Å². The van der Waals surface area contributed by atoms with Gasteiger partial charge in [-0.05, 0) is 0 Å². The standard InChI is InChI=1S/C11H16N4O3/c1-17-10-8(11(18-2)15-6-14-10)9(16)13-5-7-3-12-4-7/h6-7,12H,3-5H2,1-2H3,(H,13,16). The van der Waals surface area contributed by atoms with E-state index in [4.69, 9.17) is 9.47 Å². The number of nitrogens with zero attached hydrogens (tertiary/aromatic N) is 2. The smallest absolute Gasteiger partial charge is 0.262 e. The summed E-state index contributed by atoms with van der Waals surface area (Å²) in [6, 6.07) is 0. The normalized spacial score (nSPS) is 14.8. The molecule has 0 saturated carbocycles. The first-order valence-electron chi connectivity index (χ1n) is 5.68. The lowest BCUT2D eigenvalue weighted by Gasteiger charge is -2.27. The number of ether oxygens (including phenoxy) is 2. The highest BCUT2D eigenvalue weighted by Gasteiger charge is 2.23. The van der Waals surface area contributed by atoms with Gasteiger partial charge in [-0.1, -0.05) is 0 Å². The fourth-order valence-corrected chi connectivity index (χ4v) is 1.68. The third-order valence-electron chi connectivity index (χ3n) is 2.81. The van der Waals surface area contributed by atoms with Crippen LogP contribution in [-0.2, 0) is 0 Å². The van der Waals surface area contributed by atoms with Crippen LogP contribution in [0, 0.1) is 5.92 Å². The molecule has 2 heterocycles. The number of carbonyl (C=O) groups excluding carboxylic acids is 1. The van der Waals surface area contributed by atoms with Gasteiger partial charge < -0.3 is 20.1 Å². The van der Waals surface area contributed by atoms with Crippen molar-refractivity contribution in [3.63, 3.8) is 0 Å². The van der Waals surface area contributed by atoms with E-state index in [0.717, 1.165) is 13.1 Å². The van der Waals surface area contributed by atoms with Crippen LogP contribution < -0.4 is 20.1 Å². The lowest BCUT2D eigenvalue weighted by Crippen LogP contribution is -2.48. The Morgan fingerprint density at radius 3 is 2.44 bits per heavy atom. The molecule has 1 aromatic rings. The van der Waals surface area contributed by atoms with Crippen LogP contribution in [0.2, 0.25) is 0 Å². The number of nitrogens with one attached hydrogen (secondary N) is 2. The molecule has 1 aliphatic rings. The van der Waals surface area contributed by atoms with E-state index in [0.29, 0.717) is 12.5 Å². The Morgan fingerprint density at radius 1 is 1.39 bits per heavy atom. The molecule has 0 unspecified atom stereocenters. The van der Waals surface area contributed by atoms with Crippen molar-refractivity contribution in [1.82, 2.24) is 20.6 Å². The molecule has 1 fully saturated rings. The van der Waals surface area contributed by atoms with Crippen molar-refractivity contribution < 1.29 is 14.3 Å². The first kappa shape index (κ1) is 12.6. The number of methoxy groups -OCH3 is 2. The summed E-state index contributed by atoms with van der Waals surface area (Å²) in [5.74, 6) is 0.629. The van der Waals surface area contributed by atoms with Crippen molar-refractivity contribution in [2.75, 3.05) is 33.9 Å². The Hall–Kier alpha value is -1.89. The zero-order valence-electron chi connectivity index (χ0n) is 10.4. The van der Waals surface area contributed by atoms with E-state index in [1.54, 1.807) is 0 Å². The fraction of sp³-hybridized carbons (Fsp3) is 0.545. The zero-order valence-corrected chi connectivity index (χ0v) is 10.4. The van der Waals surface area contributed by atoms with Crippen molar-refractivity contribution >= 4 is 5.91 Å². The molecule has 98 valence electrons. The molecule has 0 bridgehead atoms. The van der Waals surface area contributed by atoms with E-state index >= 15 is 0 Å². The van der Waals surface area contributed by atoms with E-state index in [1.807, 2.05) is 0 Å². The molecular formula is C11H16N4O3. The molecule has 7 heteroatoms. The Labute approximate surface area is 105 Å². The Balaban J connectivity index is 2.11. The summed E-state index contributed by atoms with van der Waals surface area (Å²) in [7, 11) is 2.91. The monoisotopic (exact) mass is 252 g/mol. The Kier molecular flexibility index (Phi) is 3.93. The van der Waals surface area contributed by atoms with Crippen molar-refractivity contribution in [1.29, 1.82) is 0 Å². The summed E-state index contributed by atoms with van der Waals surface area (Å²) in [5.41, 5.74) is 0.231. The van der Waals surface area contributed by atoms with Gasteiger partial charge in [-0.25, -0.2) is 9.97 Å². The van der Waals surface area contributed by atoms with Gasteiger partial charge in [-0.2, -0.15) is 0 Å². The third-order valence-corrected chi connectivity index (χ3v) is 2.81. The molecule has 0 aliphatic carbocycles. The summed E-state index contributed by atoms with van der Waals surface area (Å²) in [5, 5.41) is 5.98. The van der Waals surface area contributed by atoms with Gasteiger partial charge in [0.15, 0.2) is 5.56 Å². The molecule has 1 aliphatic heterocycles. The molecule has 18 heavy (non-hydrogen) atoms. The van der Waals surface area contributed by atoms with Crippen LogP contribution in [0.25, 0.3) is 0 Å². The van der Waals surface area contributed by atoms with Gasteiger partial charge in [-0.15, -0.1) is 0 Å². The molecular weight excluding hydrogens is 236 g/mol. The van der Waals surface area contributed by atoms with Crippen molar-refractivity contribution in [2.24, 2.45) is 5.92 Å². The van der Waals surface area contributed by atoms with Crippen molar-refractivity contribution in [2.45, 2.75) is 0 Å². The highest BCUT2D eigenvalue weighted by molar-refractivity contribution is 5.98. The zero-order chi connectivity index (χ0) is 13.0. The molecule has 1 amide bonds. The van der Waals surface area contributed by atoms with E-state index in [2.05, 4.69) is 20.6 Å². The lowest BCUT2D eigenvalue weighted by atomic mass is 10.0. The second-order valence-electron chi connectivity index (χ2n) is 4.00. The highest BCUT2D eigenvalue weighted by atomic mass is 16.5. The average molecular weight is 252 g/mol. The second-order valence-corrected chi connectivity index (χ2v) is 4.00. The lowest BCUT2D eigenvalue weighted by molar-refractivity contribution is 0.0934. The van der Waals surface area contributed by atoms with E-state index in [9.17, 15) is 4.79 Å². The predicted octanol–water partition coefficient (Wildman–Crippen LogP) is -0.557. The highest BCUT2D eigenvalue weighted by Crippen LogP contribution is 2.23. The maximum absolute atomic E-state index is 12.1. The minimum atomic E-state index is -0.281. The number of hydrogen-bond donors (Lipinski definition) is 2. The molecule has 0 atom stereocenters. The van der Waals surface area contributed by atoms with Crippen LogP contribution in [0.1, 0.15) is 10.4 Å². The molecule has 2 N–H and O–H groups in total. The van der Waals surface area contributed by atoms with E-state index < -0.39 is 0 Å². The van der Waals surface area contributed by atoms with Gasteiger partial charge in [-0.3, -0.25) is 4.79 Å². The molecule has 0 aromatic carbocycles. The molecule has 0 spiro atoms. The summed E-state index contributed by atoms with van der Waals surface area (Å²) in [6.45, 7) is 2.48. The third kappa shape index (κ3) is 2.51. The molecule has 7 nitrogen and oxygen atoms in total. The summed E-state index contributed by atoms with van der Waals surface area (Å²) < 4.78 is 10.1. The van der Waals surface area contributed by atoms with Gasteiger partial charge in [0.1, 0.15) is 6.33 Å². The summed E-state index contributed by atoms with van der Waals surface area (Å²) in [6.07, 6.45) is 1.30. The number of carbonyl (C=O) groups is 1. The number of aromatic nitrogens is 2. The van der Waals surface area contributed by atoms with Gasteiger partial charge in [0.05, 0.1) is 14.2 Å². The number of rotatable bonds is 5. The number of hydrogen-bond acceptors (Lipinski definition) is 6. The van der Waals surface area contributed by atoms with E-state index in [-0.39, 0.29) is 23.2 Å². The van der Waals surface area contributed by atoms with Gasteiger partial charge in [0.25, 0.3) is 5.91 Å². The summed E-state index contributed by atoms with van der Waals surface area (Å²) in [4.78, 5) is 19.9. The summed E-state index contributed by atoms with van der Waals surface area (Å²) >= 11 is 0. The van der Waals surface area contributed by atoms with Crippen LogP contribution in [0.3, 0.4) is 0 Å². The molecule has 2 rings (SSSR count). The molecule has 1 aromatic heterocycles. The van der Waals surface area contributed by atoms with Gasteiger partial charge in [0.2, 0.25) is 11.8 Å². The minimum absolute atomic E-state index is 0.214. The SMILES string of the molecule is COc1ncnc(OC)c1C(=O)NCC1CNC1. The van der Waals surface area contributed by atoms with Crippen LogP contribution >= 0.6 is 0 Å². The largest absolute Gasteiger partial charge is 0.480 e. The van der Waals surface area contributed by atoms with Crippen LogP contribution in [0.4, 0.5) is 0 Å². The quantitative estimate of drug-likeness (QED) is 0.731. The van der Waals surface area contributed by atoms with Gasteiger partial charge in [0, 0.05) is 25.6 Å². The maximum Gasteiger partial charge on any atom is 0.262 e. The average Bonchev–Trinajstić information content (AvgIpc) is 2.35. The first-order chi connectivity index (χ1) is 8.76. The van der Waals surface area contributed by atoms with Crippen molar-refractivity contribution in [3.8, 4) is 11.8 Å². The minimum Gasteiger partial charge on any atom is -0.480 e. The first-order valence-corrected chi connectivity index (χ1v) is 5.68. The van der Waals surface area contributed by atoms with Gasteiger partial charge >= 0.3 is 0 Å². The van der Waals surface area contributed by atoms with Crippen LogP contribution in [0.15, 0.2) is 6.33 Å². The fourth-order valence-electron chi connectivity index (χ4n) is 1.68. The second kappa shape index (κ2) is 5.63.